The van der Waals surface area contributed by atoms with Crippen LogP contribution in [0.3, 0.4) is 0 Å². The normalized spacial score (nSPS) is 19.0. The Bertz CT molecular complexity index is 712. The number of carbonyl (C=O) groups excluding carboxylic acids is 2. The molecule has 3 rings (SSSR count). The molecule has 1 aromatic carbocycles. The Morgan fingerprint density at radius 3 is 2.62 bits per heavy atom. The molecule has 1 atom stereocenters. The van der Waals surface area contributed by atoms with Gasteiger partial charge in [-0.1, -0.05) is 55.6 Å². The van der Waals surface area contributed by atoms with Crippen molar-refractivity contribution >= 4 is 45.4 Å². The summed E-state index contributed by atoms with van der Waals surface area (Å²) < 4.78 is 0.961. The van der Waals surface area contributed by atoms with E-state index < -0.39 is 0 Å². The molecule has 0 radical (unpaired) electrons. The molecule has 0 unspecified atom stereocenters. The van der Waals surface area contributed by atoms with Gasteiger partial charge in [0.2, 0.25) is 11.8 Å². The Morgan fingerprint density at radius 2 is 1.96 bits per heavy atom. The van der Waals surface area contributed by atoms with Crippen molar-refractivity contribution in [2.45, 2.75) is 37.7 Å². The molecule has 0 aliphatic carbocycles. The van der Waals surface area contributed by atoms with Gasteiger partial charge in [0.25, 0.3) is 0 Å². The molecule has 1 saturated heterocycles. The molecule has 0 saturated carbocycles. The van der Waals surface area contributed by atoms with Crippen LogP contribution in [0.25, 0.3) is 0 Å². The van der Waals surface area contributed by atoms with Crippen molar-refractivity contribution in [2.24, 2.45) is 22.6 Å². The number of aliphatic imine (C=N–C) groups is 1. The number of nitrogens with two attached hydrogens (primary N) is 1. The minimum Gasteiger partial charge on any atom is -0.369 e. The fourth-order valence-electron chi connectivity index (χ4n) is 3.22. The molecular formula is C19H25N3O2S2. The van der Waals surface area contributed by atoms with Crippen LogP contribution in [0.4, 0.5) is 5.69 Å². The summed E-state index contributed by atoms with van der Waals surface area (Å²) in [6.07, 6.45) is 1.33. The molecule has 2 heterocycles. The number of nitrogens with zero attached hydrogens (tertiary/aromatic N) is 2. The quantitative estimate of drug-likeness (QED) is 0.853. The third-order valence-electron chi connectivity index (χ3n) is 4.84. The number of para-hydroxylation sites is 1. The topological polar surface area (TPSA) is 75.8 Å². The summed E-state index contributed by atoms with van der Waals surface area (Å²) >= 11 is 3.28. The minimum atomic E-state index is -0.251. The number of likely N-dealkylation sites (tertiary alicyclic amines) is 1. The lowest BCUT2D eigenvalue weighted by atomic mass is 9.95. The number of rotatable bonds is 4. The van der Waals surface area contributed by atoms with E-state index in [2.05, 4.69) is 19.9 Å². The summed E-state index contributed by atoms with van der Waals surface area (Å²) in [5, 5.41) is -0.156. The summed E-state index contributed by atoms with van der Waals surface area (Å²) in [5.74, 6) is 0.903. The highest BCUT2D eigenvalue weighted by molar-refractivity contribution is 8.39. The van der Waals surface area contributed by atoms with E-state index in [0.717, 1.165) is 15.8 Å². The maximum Gasteiger partial charge on any atom is 0.236 e. The molecule has 5 nitrogen and oxygen atoms in total. The Hall–Kier alpha value is -1.47. The molecule has 2 amide bonds. The van der Waals surface area contributed by atoms with Gasteiger partial charge in [0.1, 0.15) is 4.38 Å². The number of hydrogen-bond acceptors (Lipinski definition) is 5. The minimum absolute atomic E-state index is 0.0982. The molecule has 0 bridgehead atoms. The van der Waals surface area contributed by atoms with Crippen LogP contribution in [0, 0.1) is 11.8 Å². The monoisotopic (exact) mass is 391 g/mol. The zero-order chi connectivity index (χ0) is 18.7. The lowest BCUT2D eigenvalue weighted by Crippen LogP contribution is -2.46. The second-order valence-electron chi connectivity index (χ2n) is 7.08. The van der Waals surface area contributed by atoms with Gasteiger partial charge in [0.05, 0.1) is 10.9 Å². The second-order valence-corrected chi connectivity index (χ2v) is 9.43. The predicted octanol–water partition coefficient (Wildman–Crippen LogP) is 3.40. The number of thioether (sulfide) groups is 2. The van der Waals surface area contributed by atoms with Gasteiger partial charge in [-0.3, -0.25) is 9.59 Å². The third-order valence-corrected chi connectivity index (χ3v) is 7.57. The zero-order valence-corrected chi connectivity index (χ0v) is 16.8. The fraction of sp³-hybridized carbons (Fsp3) is 0.526. The Labute approximate surface area is 163 Å². The largest absolute Gasteiger partial charge is 0.369 e. The highest BCUT2D eigenvalue weighted by atomic mass is 32.2. The molecule has 140 valence electrons. The third kappa shape index (κ3) is 4.43. The van der Waals surface area contributed by atoms with Crippen molar-refractivity contribution in [1.82, 2.24) is 4.90 Å². The Kier molecular flexibility index (Phi) is 6.29. The van der Waals surface area contributed by atoms with Gasteiger partial charge in [-0.05, 0) is 30.4 Å². The molecule has 26 heavy (non-hydrogen) atoms. The predicted molar refractivity (Wildman–Crippen MR) is 110 cm³/mol. The van der Waals surface area contributed by atoms with Gasteiger partial charge < -0.3 is 10.6 Å². The lowest BCUT2D eigenvalue weighted by Gasteiger charge is -2.34. The number of benzene rings is 1. The second kappa shape index (κ2) is 8.48. The molecule has 2 N–H and O–H groups in total. The van der Waals surface area contributed by atoms with Crippen molar-refractivity contribution in [2.75, 3.05) is 13.1 Å². The molecular weight excluding hydrogens is 366 g/mol. The number of primary amides is 1. The summed E-state index contributed by atoms with van der Waals surface area (Å²) in [7, 11) is 0. The van der Waals surface area contributed by atoms with Crippen LogP contribution in [0.15, 0.2) is 29.3 Å². The number of amides is 2. The van der Waals surface area contributed by atoms with E-state index in [1.54, 1.807) is 23.5 Å². The number of hydrogen-bond donors (Lipinski definition) is 1. The van der Waals surface area contributed by atoms with Crippen molar-refractivity contribution in [1.29, 1.82) is 0 Å². The molecule has 0 spiro atoms. The summed E-state index contributed by atoms with van der Waals surface area (Å²) in [6, 6.07) is 8.15. The van der Waals surface area contributed by atoms with E-state index in [1.165, 1.54) is 5.56 Å². The maximum absolute atomic E-state index is 13.1. The van der Waals surface area contributed by atoms with Crippen molar-refractivity contribution < 1.29 is 9.59 Å². The molecule has 0 aromatic heterocycles. The van der Waals surface area contributed by atoms with Crippen molar-refractivity contribution in [3.8, 4) is 0 Å². The molecule has 2 aliphatic heterocycles. The zero-order valence-electron chi connectivity index (χ0n) is 15.2. The number of carbonyl (C=O) groups is 2. The van der Waals surface area contributed by atoms with Crippen LogP contribution < -0.4 is 5.73 Å². The van der Waals surface area contributed by atoms with Crippen molar-refractivity contribution in [3.63, 3.8) is 0 Å². The summed E-state index contributed by atoms with van der Waals surface area (Å²) in [5.41, 5.74) is 7.64. The van der Waals surface area contributed by atoms with Gasteiger partial charge in [-0.2, -0.15) is 0 Å². The number of piperidine rings is 1. The Morgan fingerprint density at radius 1 is 1.27 bits per heavy atom. The van der Waals surface area contributed by atoms with E-state index in [-0.39, 0.29) is 28.9 Å². The molecule has 1 fully saturated rings. The van der Waals surface area contributed by atoms with E-state index in [0.29, 0.717) is 25.9 Å². The smallest absolute Gasteiger partial charge is 0.236 e. The fourth-order valence-corrected chi connectivity index (χ4v) is 5.55. The average Bonchev–Trinajstić information content (AvgIpc) is 2.65. The molecule has 7 heteroatoms. The maximum atomic E-state index is 13.1. The summed E-state index contributed by atoms with van der Waals surface area (Å²) in [4.78, 5) is 31.0. The van der Waals surface area contributed by atoms with Gasteiger partial charge >= 0.3 is 0 Å². The van der Waals surface area contributed by atoms with E-state index in [9.17, 15) is 9.59 Å². The van der Waals surface area contributed by atoms with E-state index in [4.69, 9.17) is 10.7 Å². The first-order chi connectivity index (χ1) is 12.5. The first-order valence-corrected chi connectivity index (χ1v) is 10.9. The first-order valence-electron chi connectivity index (χ1n) is 9.00. The van der Waals surface area contributed by atoms with Gasteiger partial charge in [0, 0.05) is 24.8 Å². The SMILES string of the molecule is CC(C)[C@H](SC1=Nc2ccccc2CS1)C(=O)N1CCC(C(N)=O)CC1. The summed E-state index contributed by atoms with van der Waals surface area (Å²) in [6.45, 7) is 5.37. The van der Waals surface area contributed by atoms with Gasteiger partial charge in [0.15, 0.2) is 0 Å². The van der Waals surface area contributed by atoms with E-state index in [1.807, 2.05) is 23.1 Å². The molecule has 1 aromatic rings. The van der Waals surface area contributed by atoms with Crippen LogP contribution in [-0.2, 0) is 15.3 Å². The van der Waals surface area contributed by atoms with Crippen molar-refractivity contribution in [3.05, 3.63) is 29.8 Å². The van der Waals surface area contributed by atoms with Gasteiger partial charge in [-0.15, -0.1) is 0 Å². The Balaban J connectivity index is 1.67. The van der Waals surface area contributed by atoms with Crippen LogP contribution >= 0.6 is 23.5 Å². The lowest BCUT2D eigenvalue weighted by molar-refractivity contribution is -0.134. The van der Waals surface area contributed by atoms with E-state index >= 15 is 0 Å². The standard InChI is InChI=1S/C19H25N3O2S2/c1-12(2)16(18(24)22-9-7-13(8-10-22)17(20)23)26-19-21-15-6-4-3-5-14(15)11-25-19/h3-6,12-13,16H,7-11H2,1-2H3,(H2,20,23)/t16-/m0/s1. The highest BCUT2D eigenvalue weighted by Gasteiger charge is 2.33. The number of fused-ring (bicyclic) bond motifs is 1. The van der Waals surface area contributed by atoms with Crippen LogP contribution in [0.2, 0.25) is 0 Å². The highest BCUT2D eigenvalue weighted by Crippen LogP contribution is 2.38. The van der Waals surface area contributed by atoms with Crippen LogP contribution in [0.1, 0.15) is 32.3 Å². The average molecular weight is 392 g/mol. The van der Waals surface area contributed by atoms with Crippen LogP contribution in [0.5, 0.6) is 0 Å². The first kappa shape index (κ1) is 19.3. The molecule has 2 aliphatic rings. The van der Waals surface area contributed by atoms with Gasteiger partial charge in [-0.25, -0.2) is 4.99 Å². The van der Waals surface area contributed by atoms with Crippen LogP contribution in [-0.4, -0.2) is 39.4 Å².